The molecular formula is C17H25ClN4O2. The van der Waals surface area contributed by atoms with Crippen molar-refractivity contribution in [2.75, 3.05) is 36.4 Å². The SMILES string of the molecule is CCNC(=O)N1CCc2ccc(NC(=O)C3CCNCC3)cc21.Cl. The number of anilines is 2. The van der Waals surface area contributed by atoms with Gasteiger partial charge in [-0.3, -0.25) is 9.69 Å². The van der Waals surface area contributed by atoms with Gasteiger partial charge in [0.15, 0.2) is 0 Å². The Labute approximate surface area is 148 Å². The van der Waals surface area contributed by atoms with Crippen LogP contribution in [0, 0.1) is 5.92 Å². The van der Waals surface area contributed by atoms with Gasteiger partial charge in [0.05, 0.1) is 5.69 Å². The van der Waals surface area contributed by atoms with Gasteiger partial charge in [0.25, 0.3) is 0 Å². The number of halogens is 1. The molecule has 3 N–H and O–H groups in total. The Morgan fingerprint density at radius 2 is 2.04 bits per heavy atom. The Balaban J connectivity index is 0.00000208. The number of nitrogens with one attached hydrogen (secondary N) is 3. The van der Waals surface area contributed by atoms with Gasteiger partial charge in [-0.15, -0.1) is 12.4 Å². The molecule has 3 rings (SSSR count). The smallest absolute Gasteiger partial charge is 0.321 e. The Morgan fingerprint density at radius 1 is 1.29 bits per heavy atom. The fraction of sp³-hybridized carbons (Fsp3) is 0.529. The second kappa shape index (κ2) is 8.35. The zero-order chi connectivity index (χ0) is 16.2. The van der Waals surface area contributed by atoms with Crippen molar-refractivity contribution in [1.29, 1.82) is 0 Å². The van der Waals surface area contributed by atoms with Gasteiger partial charge in [-0.1, -0.05) is 6.07 Å². The molecule has 1 fully saturated rings. The van der Waals surface area contributed by atoms with E-state index >= 15 is 0 Å². The summed E-state index contributed by atoms with van der Waals surface area (Å²) < 4.78 is 0. The van der Waals surface area contributed by atoms with Crippen LogP contribution >= 0.6 is 12.4 Å². The highest BCUT2D eigenvalue weighted by Gasteiger charge is 2.25. The zero-order valence-electron chi connectivity index (χ0n) is 13.9. The molecule has 2 aliphatic heterocycles. The summed E-state index contributed by atoms with van der Waals surface area (Å²) in [5.74, 6) is 0.151. The molecule has 0 spiro atoms. The highest BCUT2D eigenvalue weighted by Crippen LogP contribution is 2.31. The molecule has 2 aliphatic rings. The molecule has 7 heteroatoms. The van der Waals surface area contributed by atoms with E-state index in [1.807, 2.05) is 25.1 Å². The van der Waals surface area contributed by atoms with Gasteiger partial charge >= 0.3 is 6.03 Å². The normalized spacial score (nSPS) is 17.0. The highest BCUT2D eigenvalue weighted by molar-refractivity contribution is 5.97. The number of piperidine rings is 1. The summed E-state index contributed by atoms with van der Waals surface area (Å²) in [6.45, 7) is 4.99. The van der Waals surface area contributed by atoms with E-state index in [1.165, 1.54) is 0 Å². The number of rotatable bonds is 3. The Morgan fingerprint density at radius 3 is 2.75 bits per heavy atom. The average molecular weight is 353 g/mol. The van der Waals surface area contributed by atoms with Crippen LogP contribution in [0.4, 0.5) is 16.2 Å². The van der Waals surface area contributed by atoms with Crippen LogP contribution < -0.4 is 20.9 Å². The van der Waals surface area contributed by atoms with Crippen LogP contribution in [0.15, 0.2) is 18.2 Å². The van der Waals surface area contributed by atoms with Gasteiger partial charge in [0, 0.05) is 24.7 Å². The van der Waals surface area contributed by atoms with Crippen molar-refractivity contribution in [3.63, 3.8) is 0 Å². The monoisotopic (exact) mass is 352 g/mol. The van der Waals surface area contributed by atoms with Crippen LogP contribution in [-0.2, 0) is 11.2 Å². The van der Waals surface area contributed by atoms with Crippen molar-refractivity contribution in [3.05, 3.63) is 23.8 Å². The average Bonchev–Trinajstić information content (AvgIpc) is 2.99. The van der Waals surface area contributed by atoms with Gasteiger partial charge in [-0.05, 0) is 57.0 Å². The summed E-state index contributed by atoms with van der Waals surface area (Å²) in [6, 6.07) is 5.77. The first kappa shape index (κ1) is 18.5. The minimum absolute atomic E-state index is 0. The molecule has 0 aromatic heterocycles. The lowest BCUT2D eigenvalue weighted by Crippen LogP contribution is -2.38. The van der Waals surface area contributed by atoms with Crippen molar-refractivity contribution in [2.45, 2.75) is 26.2 Å². The lowest BCUT2D eigenvalue weighted by Gasteiger charge is -2.22. The number of benzene rings is 1. The van der Waals surface area contributed by atoms with E-state index in [-0.39, 0.29) is 30.3 Å². The molecule has 1 aromatic rings. The number of hydrogen-bond donors (Lipinski definition) is 3. The third kappa shape index (κ3) is 3.99. The second-order valence-electron chi connectivity index (χ2n) is 6.09. The van der Waals surface area contributed by atoms with E-state index in [1.54, 1.807) is 4.90 Å². The van der Waals surface area contributed by atoms with E-state index < -0.39 is 0 Å². The highest BCUT2D eigenvalue weighted by atomic mass is 35.5. The van der Waals surface area contributed by atoms with Gasteiger partial charge in [0.2, 0.25) is 5.91 Å². The predicted octanol–water partition coefficient (Wildman–Crippen LogP) is 2.14. The summed E-state index contributed by atoms with van der Waals surface area (Å²) in [5, 5.41) is 9.11. The molecule has 0 bridgehead atoms. The minimum atomic E-state index is -0.0759. The van der Waals surface area contributed by atoms with Gasteiger partial charge in [0.1, 0.15) is 0 Å². The largest absolute Gasteiger partial charge is 0.338 e. The van der Waals surface area contributed by atoms with Gasteiger partial charge in [-0.2, -0.15) is 0 Å². The molecule has 24 heavy (non-hydrogen) atoms. The molecule has 3 amide bonds. The summed E-state index contributed by atoms with van der Waals surface area (Å²) in [6.07, 6.45) is 2.61. The quantitative estimate of drug-likeness (QED) is 0.780. The van der Waals surface area contributed by atoms with Crippen LogP contribution in [0.5, 0.6) is 0 Å². The number of urea groups is 1. The van der Waals surface area contributed by atoms with Crippen LogP contribution in [0.25, 0.3) is 0 Å². The van der Waals surface area contributed by atoms with Crippen LogP contribution in [-0.4, -0.2) is 38.1 Å². The first-order valence-electron chi connectivity index (χ1n) is 8.39. The molecule has 132 valence electrons. The first-order valence-corrected chi connectivity index (χ1v) is 8.39. The van der Waals surface area contributed by atoms with E-state index in [0.29, 0.717) is 13.1 Å². The predicted molar refractivity (Wildman–Crippen MR) is 98.0 cm³/mol. The first-order chi connectivity index (χ1) is 11.2. The molecule has 0 unspecified atom stereocenters. The zero-order valence-corrected chi connectivity index (χ0v) is 14.7. The number of carbonyl (C=O) groups is 2. The number of amides is 3. The van der Waals surface area contributed by atoms with Crippen LogP contribution in [0.3, 0.4) is 0 Å². The van der Waals surface area contributed by atoms with Crippen molar-refractivity contribution in [3.8, 4) is 0 Å². The second-order valence-corrected chi connectivity index (χ2v) is 6.09. The van der Waals surface area contributed by atoms with Gasteiger partial charge in [-0.25, -0.2) is 4.79 Å². The summed E-state index contributed by atoms with van der Waals surface area (Å²) in [4.78, 5) is 26.2. The Bertz CT molecular complexity index is 602. The third-order valence-corrected chi connectivity index (χ3v) is 4.53. The van der Waals surface area contributed by atoms with Crippen molar-refractivity contribution in [1.82, 2.24) is 10.6 Å². The molecule has 0 aliphatic carbocycles. The van der Waals surface area contributed by atoms with Crippen LogP contribution in [0.2, 0.25) is 0 Å². The molecule has 2 heterocycles. The van der Waals surface area contributed by atoms with Crippen molar-refractivity contribution in [2.24, 2.45) is 5.92 Å². The minimum Gasteiger partial charge on any atom is -0.338 e. The summed E-state index contributed by atoms with van der Waals surface area (Å²) >= 11 is 0. The fourth-order valence-electron chi connectivity index (χ4n) is 3.24. The Hall–Kier alpha value is -1.79. The number of hydrogen-bond acceptors (Lipinski definition) is 3. The molecular weight excluding hydrogens is 328 g/mol. The van der Waals surface area contributed by atoms with Crippen molar-refractivity contribution >= 4 is 35.7 Å². The lowest BCUT2D eigenvalue weighted by atomic mass is 9.97. The van der Waals surface area contributed by atoms with Crippen molar-refractivity contribution < 1.29 is 9.59 Å². The maximum Gasteiger partial charge on any atom is 0.321 e. The van der Waals surface area contributed by atoms with E-state index in [2.05, 4.69) is 16.0 Å². The number of nitrogens with zero attached hydrogens (tertiary/aromatic N) is 1. The fourth-order valence-corrected chi connectivity index (χ4v) is 3.24. The van der Waals surface area contributed by atoms with E-state index in [4.69, 9.17) is 0 Å². The molecule has 1 aromatic carbocycles. The number of carbonyl (C=O) groups excluding carboxylic acids is 2. The van der Waals surface area contributed by atoms with Gasteiger partial charge < -0.3 is 16.0 Å². The maximum absolute atomic E-state index is 12.4. The topological polar surface area (TPSA) is 73.5 Å². The van der Waals surface area contributed by atoms with Crippen LogP contribution in [0.1, 0.15) is 25.3 Å². The third-order valence-electron chi connectivity index (χ3n) is 4.53. The molecule has 1 saturated heterocycles. The van der Waals surface area contributed by atoms with E-state index in [0.717, 1.165) is 49.3 Å². The lowest BCUT2D eigenvalue weighted by molar-refractivity contribution is -0.120. The Kier molecular flexibility index (Phi) is 6.45. The summed E-state index contributed by atoms with van der Waals surface area (Å²) in [5.41, 5.74) is 2.82. The molecule has 0 atom stereocenters. The molecule has 0 radical (unpaired) electrons. The number of fused-ring (bicyclic) bond motifs is 1. The maximum atomic E-state index is 12.4. The standard InChI is InChI=1S/C17H24N4O2.ClH/c1-2-19-17(23)21-10-7-12-3-4-14(11-15(12)21)20-16(22)13-5-8-18-9-6-13;/h3-4,11,13,18H,2,5-10H2,1H3,(H,19,23)(H,20,22);1H. The van der Waals surface area contributed by atoms with E-state index in [9.17, 15) is 9.59 Å². The molecule has 6 nitrogen and oxygen atoms in total. The summed E-state index contributed by atoms with van der Waals surface area (Å²) in [7, 11) is 0. The molecule has 0 saturated carbocycles.